The number of anilines is 1. The van der Waals surface area contributed by atoms with Crippen LogP contribution in [-0.4, -0.2) is 31.6 Å². The summed E-state index contributed by atoms with van der Waals surface area (Å²) in [6.45, 7) is 4.63. The van der Waals surface area contributed by atoms with Crippen LogP contribution in [0.25, 0.3) is 32.4 Å². The third kappa shape index (κ3) is 4.32. The van der Waals surface area contributed by atoms with Crippen LogP contribution in [0.1, 0.15) is 69.1 Å². The van der Waals surface area contributed by atoms with Gasteiger partial charge < -0.3 is 11.1 Å². The molecule has 0 aliphatic heterocycles. The molecule has 4 aromatic heterocycles. The maximum atomic E-state index is 13.9. The molecule has 1 aromatic carbocycles. The Kier molecular flexibility index (Phi) is 6.10. The molecule has 2 amide bonds. The molecule has 1 aliphatic carbocycles. The lowest BCUT2D eigenvalue weighted by atomic mass is 10.0. The summed E-state index contributed by atoms with van der Waals surface area (Å²) in [6, 6.07) is 10.4. The van der Waals surface area contributed by atoms with Crippen molar-refractivity contribution >= 4 is 50.0 Å². The van der Waals surface area contributed by atoms with Crippen LogP contribution in [0.5, 0.6) is 0 Å². The molecule has 8 nitrogen and oxygen atoms in total. The van der Waals surface area contributed by atoms with Gasteiger partial charge in [-0.1, -0.05) is 18.2 Å². The number of aromatic nitrogens is 4. The third-order valence-electron chi connectivity index (χ3n) is 7.05. The van der Waals surface area contributed by atoms with Gasteiger partial charge >= 0.3 is 0 Å². The van der Waals surface area contributed by atoms with Gasteiger partial charge in [0.25, 0.3) is 18.2 Å². The molecule has 6 rings (SSSR count). The van der Waals surface area contributed by atoms with E-state index in [1.807, 2.05) is 36.7 Å². The average molecular weight is 547 g/mol. The van der Waals surface area contributed by atoms with Crippen LogP contribution in [0.3, 0.4) is 0 Å². The van der Waals surface area contributed by atoms with Crippen LogP contribution >= 0.6 is 11.3 Å². The SMILES string of the molecule is CCn1ncc(-c2cc(C(=O)Nc3c(C(N)=O)sc4nc(C(F)F)cc(C5CC5)c34)c3ccccc3n2)c1C. The highest BCUT2D eigenvalue weighted by Gasteiger charge is 2.32. The van der Waals surface area contributed by atoms with Crippen LogP contribution in [-0.2, 0) is 6.54 Å². The van der Waals surface area contributed by atoms with E-state index in [4.69, 9.17) is 10.7 Å². The minimum absolute atomic E-state index is 0.0606. The molecule has 4 heterocycles. The average Bonchev–Trinajstić information content (AvgIpc) is 3.61. The largest absolute Gasteiger partial charge is 0.365 e. The fraction of sp³-hybridized carbons (Fsp3) is 0.250. The fourth-order valence-electron chi connectivity index (χ4n) is 4.97. The number of hydrogen-bond donors (Lipinski definition) is 2. The smallest absolute Gasteiger partial charge is 0.280 e. The number of fused-ring (bicyclic) bond motifs is 2. The summed E-state index contributed by atoms with van der Waals surface area (Å²) in [6.07, 6.45) is 0.634. The van der Waals surface area contributed by atoms with Gasteiger partial charge in [0.2, 0.25) is 0 Å². The Morgan fingerprint density at radius 1 is 1.21 bits per heavy atom. The first kappa shape index (κ1) is 25.1. The first-order valence-electron chi connectivity index (χ1n) is 12.6. The normalized spacial score (nSPS) is 13.5. The molecular formula is C28H24F2N6O2S. The zero-order valence-electron chi connectivity index (χ0n) is 21.2. The summed E-state index contributed by atoms with van der Waals surface area (Å²) in [5, 5.41) is 8.43. The topological polar surface area (TPSA) is 116 Å². The van der Waals surface area contributed by atoms with Gasteiger partial charge in [-0.25, -0.2) is 18.7 Å². The van der Waals surface area contributed by atoms with Crippen LogP contribution in [0.15, 0.2) is 42.6 Å². The Bertz CT molecular complexity index is 1790. The number of para-hydroxylation sites is 1. The number of thiophene rings is 1. The molecular weight excluding hydrogens is 522 g/mol. The molecule has 0 unspecified atom stereocenters. The number of amides is 2. The Morgan fingerprint density at radius 3 is 2.64 bits per heavy atom. The number of primary amides is 1. The van der Waals surface area contributed by atoms with Crippen LogP contribution in [0, 0.1) is 6.92 Å². The minimum Gasteiger partial charge on any atom is -0.365 e. The first-order valence-corrected chi connectivity index (χ1v) is 13.4. The number of halogens is 2. The van der Waals surface area contributed by atoms with E-state index in [-0.39, 0.29) is 27.0 Å². The van der Waals surface area contributed by atoms with E-state index in [0.29, 0.717) is 39.7 Å². The summed E-state index contributed by atoms with van der Waals surface area (Å²) in [7, 11) is 0. The maximum Gasteiger partial charge on any atom is 0.280 e. The van der Waals surface area contributed by atoms with Crippen molar-refractivity contribution in [1.82, 2.24) is 19.7 Å². The van der Waals surface area contributed by atoms with E-state index in [9.17, 15) is 18.4 Å². The van der Waals surface area contributed by atoms with Crippen molar-refractivity contribution < 1.29 is 18.4 Å². The lowest BCUT2D eigenvalue weighted by molar-refractivity contribution is 0.100. The zero-order valence-corrected chi connectivity index (χ0v) is 22.0. The second kappa shape index (κ2) is 9.49. The van der Waals surface area contributed by atoms with Crippen molar-refractivity contribution in [2.75, 3.05) is 5.32 Å². The number of hydrogen-bond acceptors (Lipinski definition) is 6. The Balaban J connectivity index is 1.51. The molecule has 39 heavy (non-hydrogen) atoms. The minimum atomic E-state index is -2.76. The molecule has 198 valence electrons. The molecule has 1 aliphatic rings. The van der Waals surface area contributed by atoms with Crippen molar-refractivity contribution in [3.8, 4) is 11.3 Å². The molecule has 1 fully saturated rings. The van der Waals surface area contributed by atoms with E-state index in [1.165, 1.54) is 6.07 Å². The second-order valence-corrected chi connectivity index (χ2v) is 10.5. The van der Waals surface area contributed by atoms with E-state index in [1.54, 1.807) is 18.3 Å². The van der Waals surface area contributed by atoms with Gasteiger partial charge in [0.05, 0.1) is 28.7 Å². The number of carbonyl (C=O) groups is 2. The van der Waals surface area contributed by atoms with Gasteiger partial charge in [0, 0.05) is 28.6 Å². The number of carbonyl (C=O) groups excluding carboxylic acids is 2. The number of nitrogens with one attached hydrogen (secondary N) is 1. The van der Waals surface area contributed by atoms with Crippen molar-refractivity contribution in [3.63, 3.8) is 0 Å². The summed E-state index contributed by atoms with van der Waals surface area (Å²) >= 11 is 0.914. The van der Waals surface area contributed by atoms with Crippen molar-refractivity contribution in [2.45, 2.75) is 45.6 Å². The van der Waals surface area contributed by atoms with Gasteiger partial charge in [-0.2, -0.15) is 5.10 Å². The fourth-order valence-corrected chi connectivity index (χ4v) is 5.99. The number of aryl methyl sites for hydroxylation is 1. The third-order valence-corrected chi connectivity index (χ3v) is 8.15. The molecule has 0 saturated heterocycles. The summed E-state index contributed by atoms with van der Waals surface area (Å²) in [4.78, 5) is 35.5. The van der Waals surface area contributed by atoms with Crippen LogP contribution in [0.2, 0.25) is 0 Å². The number of nitrogens with two attached hydrogens (primary N) is 1. The van der Waals surface area contributed by atoms with Gasteiger partial charge in [0.15, 0.2) is 0 Å². The highest BCUT2D eigenvalue weighted by Crippen LogP contribution is 2.48. The van der Waals surface area contributed by atoms with Gasteiger partial charge in [-0.15, -0.1) is 11.3 Å². The first-order chi connectivity index (χ1) is 18.8. The predicted octanol–water partition coefficient (Wildman–Crippen LogP) is 6.20. The lowest BCUT2D eigenvalue weighted by Gasteiger charge is -2.13. The molecule has 0 atom stereocenters. The number of alkyl halides is 2. The summed E-state index contributed by atoms with van der Waals surface area (Å²) in [5.74, 6) is -1.18. The Hall–Kier alpha value is -4.25. The zero-order chi connectivity index (χ0) is 27.4. The Morgan fingerprint density at radius 2 is 1.97 bits per heavy atom. The van der Waals surface area contributed by atoms with Gasteiger partial charge in [0.1, 0.15) is 15.4 Å². The van der Waals surface area contributed by atoms with Crippen LogP contribution < -0.4 is 11.1 Å². The van der Waals surface area contributed by atoms with E-state index in [0.717, 1.165) is 35.4 Å². The quantitative estimate of drug-likeness (QED) is 0.252. The lowest BCUT2D eigenvalue weighted by Crippen LogP contribution is -2.17. The second-order valence-electron chi connectivity index (χ2n) is 9.55. The van der Waals surface area contributed by atoms with Crippen molar-refractivity contribution in [1.29, 1.82) is 0 Å². The highest BCUT2D eigenvalue weighted by molar-refractivity contribution is 7.21. The number of pyridine rings is 2. The summed E-state index contributed by atoms with van der Waals surface area (Å²) in [5.41, 5.74) is 9.46. The van der Waals surface area contributed by atoms with E-state index < -0.39 is 18.2 Å². The molecule has 5 aromatic rings. The number of nitrogens with zero attached hydrogens (tertiary/aromatic N) is 4. The van der Waals surface area contributed by atoms with Crippen molar-refractivity contribution in [2.24, 2.45) is 5.73 Å². The molecule has 0 radical (unpaired) electrons. The maximum absolute atomic E-state index is 13.9. The van der Waals surface area contributed by atoms with Gasteiger partial charge in [-0.05, 0) is 56.4 Å². The highest BCUT2D eigenvalue weighted by atomic mass is 32.1. The van der Waals surface area contributed by atoms with Gasteiger partial charge in [-0.3, -0.25) is 14.3 Å². The molecule has 0 spiro atoms. The van der Waals surface area contributed by atoms with Crippen molar-refractivity contribution in [3.05, 3.63) is 70.0 Å². The molecule has 11 heteroatoms. The molecule has 1 saturated carbocycles. The van der Waals surface area contributed by atoms with E-state index in [2.05, 4.69) is 15.4 Å². The van der Waals surface area contributed by atoms with E-state index >= 15 is 0 Å². The number of rotatable bonds is 7. The molecule has 0 bridgehead atoms. The van der Waals surface area contributed by atoms with Crippen LogP contribution in [0.4, 0.5) is 14.5 Å². The molecule has 3 N–H and O–H groups in total. The predicted molar refractivity (Wildman–Crippen MR) is 146 cm³/mol. The number of benzene rings is 1. The standard InChI is InChI=1S/C28H24F2N6O2S/c1-3-36-13(2)18(12-32-36)20-11-17(15-6-4-5-7-19(15)33-20)27(38)35-23-22-16(14-8-9-14)10-21(25(29)30)34-28(22)39-24(23)26(31)37/h4-7,10-12,14,25H,3,8-9H2,1-2H3,(H2,31,37)(H,35,38). The summed E-state index contributed by atoms with van der Waals surface area (Å²) < 4.78 is 29.1. The Labute approximate surface area is 225 Å². The monoisotopic (exact) mass is 546 g/mol.